The van der Waals surface area contributed by atoms with Crippen molar-refractivity contribution in [3.8, 4) is 0 Å². The number of aliphatic hydroxyl groups excluding tert-OH is 2. The lowest BCUT2D eigenvalue weighted by Crippen LogP contribution is -2.12. The number of hydrogen-bond donors (Lipinski definition) is 2. The van der Waals surface area contributed by atoms with Crippen LogP contribution in [-0.2, 0) is 9.47 Å². The predicted molar refractivity (Wildman–Crippen MR) is 54.3 cm³/mol. The Morgan fingerprint density at radius 1 is 1.13 bits per heavy atom. The van der Waals surface area contributed by atoms with Crippen molar-refractivity contribution in [1.82, 2.24) is 0 Å². The standard InChI is InChI=1S/C11H16O4/c1-3-7(13)11-9(15-11)5-4-8-10(14-8)6(2)12/h3-13H,1H2,2H3/b5-4+/t6-,7+,8-,9+,10+,11-/m0/s1. The third-order valence-corrected chi connectivity index (χ3v) is 2.67. The second kappa shape index (κ2) is 4.06. The molecule has 2 N–H and O–H groups in total. The number of epoxide rings is 2. The molecule has 0 unspecified atom stereocenters. The lowest BCUT2D eigenvalue weighted by molar-refractivity contribution is 0.152. The molecule has 2 heterocycles. The van der Waals surface area contributed by atoms with Crippen molar-refractivity contribution in [2.45, 2.75) is 43.5 Å². The maximum atomic E-state index is 9.34. The van der Waals surface area contributed by atoms with Gasteiger partial charge in [-0.05, 0) is 6.92 Å². The Bertz CT molecular complexity index is 274. The highest BCUT2D eigenvalue weighted by molar-refractivity contribution is 5.13. The van der Waals surface area contributed by atoms with E-state index in [0.717, 1.165) is 0 Å². The Hall–Kier alpha value is -0.680. The Labute approximate surface area is 88.8 Å². The SMILES string of the molecule is C=C[C@@H](O)[C@@H]1O[C@@H]1/C=C/[C@@H]1O[C@@H]1[C@H](C)O. The fraction of sp³-hybridized carbons (Fsp3) is 0.636. The Balaban J connectivity index is 1.72. The summed E-state index contributed by atoms with van der Waals surface area (Å²) in [7, 11) is 0. The van der Waals surface area contributed by atoms with E-state index in [9.17, 15) is 10.2 Å². The zero-order valence-electron chi connectivity index (χ0n) is 8.61. The van der Waals surface area contributed by atoms with E-state index in [4.69, 9.17) is 9.47 Å². The van der Waals surface area contributed by atoms with E-state index < -0.39 is 12.2 Å². The van der Waals surface area contributed by atoms with Gasteiger partial charge in [-0.15, -0.1) is 6.58 Å². The third kappa shape index (κ3) is 2.46. The van der Waals surface area contributed by atoms with E-state index in [1.54, 1.807) is 6.92 Å². The number of ether oxygens (including phenoxy) is 2. The van der Waals surface area contributed by atoms with Crippen LogP contribution in [0.5, 0.6) is 0 Å². The van der Waals surface area contributed by atoms with E-state index in [1.807, 2.05) is 12.2 Å². The van der Waals surface area contributed by atoms with E-state index in [-0.39, 0.29) is 24.4 Å². The van der Waals surface area contributed by atoms with Gasteiger partial charge in [0.25, 0.3) is 0 Å². The second-order valence-electron chi connectivity index (χ2n) is 3.98. The lowest BCUT2D eigenvalue weighted by atomic mass is 10.1. The molecule has 2 rings (SSSR count). The van der Waals surface area contributed by atoms with Gasteiger partial charge in [-0.25, -0.2) is 0 Å². The molecule has 0 aliphatic carbocycles. The van der Waals surface area contributed by atoms with Crippen molar-refractivity contribution in [2.24, 2.45) is 0 Å². The molecule has 2 saturated heterocycles. The average Bonchev–Trinajstić information content (AvgIpc) is 3.06. The normalized spacial score (nSPS) is 42.6. The molecule has 15 heavy (non-hydrogen) atoms. The zero-order valence-corrected chi connectivity index (χ0v) is 8.61. The van der Waals surface area contributed by atoms with Crippen molar-refractivity contribution in [3.63, 3.8) is 0 Å². The molecule has 0 radical (unpaired) electrons. The Morgan fingerprint density at radius 2 is 1.67 bits per heavy atom. The summed E-state index contributed by atoms with van der Waals surface area (Å²) in [6.45, 7) is 5.19. The summed E-state index contributed by atoms with van der Waals surface area (Å²) in [5.74, 6) is 0. The van der Waals surface area contributed by atoms with Crippen molar-refractivity contribution in [2.75, 3.05) is 0 Å². The first-order chi connectivity index (χ1) is 7.13. The van der Waals surface area contributed by atoms with Crippen molar-refractivity contribution >= 4 is 0 Å². The van der Waals surface area contributed by atoms with E-state index in [2.05, 4.69) is 6.58 Å². The first kappa shape index (κ1) is 10.8. The third-order valence-electron chi connectivity index (χ3n) is 2.67. The van der Waals surface area contributed by atoms with Crippen LogP contribution < -0.4 is 0 Å². The van der Waals surface area contributed by atoms with Crippen LogP contribution in [0.25, 0.3) is 0 Å². The van der Waals surface area contributed by atoms with Gasteiger partial charge in [0.15, 0.2) is 0 Å². The summed E-state index contributed by atoms with van der Waals surface area (Å²) >= 11 is 0. The van der Waals surface area contributed by atoms with Gasteiger partial charge in [0.05, 0.1) is 6.10 Å². The van der Waals surface area contributed by atoms with Gasteiger partial charge in [-0.2, -0.15) is 0 Å². The Morgan fingerprint density at radius 3 is 2.13 bits per heavy atom. The number of rotatable bonds is 5. The van der Waals surface area contributed by atoms with Crippen LogP contribution >= 0.6 is 0 Å². The summed E-state index contributed by atoms with van der Waals surface area (Å²) in [5.41, 5.74) is 0. The average molecular weight is 212 g/mol. The lowest BCUT2D eigenvalue weighted by Gasteiger charge is -1.96. The van der Waals surface area contributed by atoms with Gasteiger partial charge in [-0.3, -0.25) is 0 Å². The summed E-state index contributed by atoms with van der Waals surface area (Å²) in [6.07, 6.45) is 3.87. The molecule has 2 fully saturated rings. The molecule has 0 aromatic heterocycles. The summed E-state index contributed by atoms with van der Waals surface area (Å²) in [6, 6.07) is 0. The fourth-order valence-corrected chi connectivity index (χ4v) is 1.60. The first-order valence-electron chi connectivity index (χ1n) is 5.11. The highest BCUT2D eigenvalue weighted by Gasteiger charge is 2.44. The van der Waals surface area contributed by atoms with Gasteiger partial charge >= 0.3 is 0 Å². The van der Waals surface area contributed by atoms with Crippen LogP contribution in [0, 0.1) is 0 Å². The molecule has 0 saturated carbocycles. The van der Waals surface area contributed by atoms with Gasteiger partial charge in [-0.1, -0.05) is 18.2 Å². The largest absolute Gasteiger partial charge is 0.391 e. The molecule has 4 heteroatoms. The smallest absolute Gasteiger partial charge is 0.118 e. The van der Waals surface area contributed by atoms with Crippen LogP contribution in [-0.4, -0.2) is 46.8 Å². The van der Waals surface area contributed by atoms with Crippen molar-refractivity contribution < 1.29 is 19.7 Å². The second-order valence-corrected chi connectivity index (χ2v) is 3.98. The van der Waals surface area contributed by atoms with Gasteiger partial charge in [0, 0.05) is 0 Å². The molecular formula is C11H16O4. The highest BCUT2D eigenvalue weighted by Crippen LogP contribution is 2.31. The highest BCUT2D eigenvalue weighted by atomic mass is 16.6. The maximum Gasteiger partial charge on any atom is 0.118 e. The van der Waals surface area contributed by atoms with E-state index in [1.165, 1.54) is 6.08 Å². The molecule has 0 aromatic rings. The molecule has 6 atom stereocenters. The predicted octanol–water partition coefficient (Wildman–Crippen LogP) is 0.00510. The van der Waals surface area contributed by atoms with Crippen LogP contribution in [0.2, 0.25) is 0 Å². The molecule has 0 aromatic carbocycles. The van der Waals surface area contributed by atoms with Crippen molar-refractivity contribution in [3.05, 3.63) is 24.8 Å². The summed E-state index contributed by atoms with van der Waals surface area (Å²) < 4.78 is 10.4. The molecular weight excluding hydrogens is 196 g/mol. The molecule has 2 aliphatic rings. The fourth-order valence-electron chi connectivity index (χ4n) is 1.60. The molecule has 0 spiro atoms. The van der Waals surface area contributed by atoms with Crippen LogP contribution in [0.15, 0.2) is 24.8 Å². The first-order valence-corrected chi connectivity index (χ1v) is 5.11. The van der Waals surface area contributed by atoms with Crippen LogP contribution in [0.4, 0.5) is 0 Å². The zero-order chi connectivity index (χ0) is 11.0. The van der Waals surface area contributed by atoms with Crippen molar-refractivity contribution in [1.29, 1.82) is 0 Å². The number of aliphatic hydroxyl groups is 2. The maximum absolute atomic E-state index is 9.34. The topological polar surface area (TPSA) is 65.5 Å². The summed E-state index contributed by atoms with van der Waals surface area (Å²) in [5, 5.41) is 18.5. The minimum atomic E-state index is -0.604. The molecule has 2 aliphatic heterocycles. The van der Waals surface area contributed by atoms with E-state index in [0.29, 0.717) is 0 Å². The van der Waals surface area contributed by atoms with E-state index >= 15 is 0 Å². The monoisotopic (exact) mass is 212 g/mol. The summed E-state index contributed by atoms with van der Waals surface area (Å²) in [4.78, 5) is 0. The van der Waals surface area contributed by atoms with Gasteiger partial charge < -0.3 is 19.7 Å². The molecule has 0 amide bonds. The van der Waals surface area contributed by atoms with Crippen LogP contribution in [0.3, 0.4) is 0 Å². The molecule has 0 bridgehead atoms. The minimum Gasteiger partial charge on any atom is -0.391 e. The van der Waals surface area contributed by atoms with Gasteiger partial charge in [0.2, 0.25) is 0 Å². The number of hydrogen-bond acceptors (Lipinski definition) is 4. The Kier molecular flexibility index (Phi) is 2.93. The molecule has 84 valence electrons. The minimum absolute atomic E-state index is 0.00396. The van der Waals surface area contributed by atoms with Gasteiger partial charge in [0.1, 0.15) is 30.5 Å². The van der Waals surface area contributed by atoms with Crippen LogP contribution in [0.1, 0.15) is 6.92 Å². The molecule has 4 nitrogen and oxygen atoms in total. The quantitative estimate of drug-likeness (QED) is 0.497.